The van der Waals surface area contributed by atoms with Gasteiger partial charge in [0.05, 0.1) is 16.1 Å². The highest BCUT2D eigenvalue weighted by atomic mass is 32.1. The number of hydrogen-bond acceptors (Lipinski definition) is 4. The first-order valence-electron chi connectivity index (χ1n) is 7.82. The lowest BCUT2D eigenvalue weighted by atomic mass is 10.1. The zero-order valence-electron chi connectivity index (χ0n) is 13.9. The summed E-state index contributed by atoms with van der Waals surface area (Å²) in [6.45, 7) is 0. The topological polar surface area (TPSA) is 71.3 Å². The molecule has 0 spiro atoms. The van der Waals surface area contributed by atoms with Gasteiger partial charge in [-0.1, -0.05) is 12.1 Å². The average molecular weight is 412 g/mol. The number of halogens is 4. The van der Waals surface area contributed by atoms with Crippen LogP contribution in [0.5, 0.6) is 0 Å². The summed E-state index contributed by atoms with van der Waals surface area (Å²) >= 11 is 0.804. The van der Waals surface area contributed by atoms with E-state index in [1.165, 1.54) is 30.5 Å². The van der Waals surface area contributed by atoms with Gasteiger partial charge in [0.2, 0.25) is 0 Å². The van der Waals surface area contributed by atoms with Gasteiger partial charge in [0.25, 0.3) is 11.8 Å². The largest absolute Gasteiger partial charge is 0.459 e. The molecule has 1 unspecified atom stereocenters. The van der Waals surface area contributed by atoms with Crippen LogP contribution in [0.3, 0.4) is 0 Å². The first-order chi connectivity index (χ1) is 13.2. The van der Waals surface area contributed by atoms with Gasteiger partial charge in [-0.25, -0.2) is 4.39 Å². The van der Waals surface area contributed by atoms with E-state index in [1.807, 2.05) is 5.32 Å². The van der Waals surface area contributed by atoms with Crippen molar-refractivity contribution in [2.75, 3.05) is 5.32 Å². The van der Waals surface area contributed by atoms with Crippen molar-refractivity contribution in [2.24, 2.45) is 0 Å². The van der Waals surface area contributed by atoms with Crippen molar-refractivity contribution in [3.63, 3.8) is 0 Å². The summed E-state index contributed by atoms with van der Waals surface area (Å²) in [4.78, 5) is 24.1. The van der Waals surface area contributed by atoms with Crippen LogP contribution in [0.15, 0.2) is 59.2 Å². The Labute approximate surface area is 160 Å². The number of amides is 2. The van der Waals surface area contributed by atoms with Crippen LogP contribution in [0.2, 0.25) is 0 Å². The lowest BCUT2D eigenvalue weighted by Crippen LogP contribution is -2.37. The lowest BCUT2D eigenvalue weighted by molar-refractivity contribution is -0.155. The van der Waals surface area contributed by atoms with Crippen LogP contribution < -0.4 is 10.6 Å². The first-order valence-corrected chi connectivity index (χ1v) is 8.63. The molecule has 3 aromatic rings. The highest BCUT2D eigenvalue weighted by Crippen LogP contribution is 2.33. The van der Waals surface area contributed by atoms with Crippen molar-refractivity contribution in [2.45, 2.75) is 12.2 Å². The van der Waals surface area contributed by atoms with Crippen LogP contribution in [0, 0.1) is 5.82 Å². The summed E-state index contributed by atoms with van der Waals surface area (Å²) in [6, 6.07) is 7.01. The van der Waals surface area contributed by atoms with E-state index in [1.54, 1.807) is 0 Å². The van der Waals surface area contributed by atoms with Crippen LogP contribution in [0.25, 0.3) is 0 Å². The molecule has 2 heterocycles. The zero-order chi connectivity index (χ0) is 20.3. The maximum atomic E-state index is 13.3. The Morgan fingerprint density at radius 1 is 1.00 bits per heavy atom. The highest BCUT2D eigenvalue weighted by molar-refractivity contribution is 7.18. The van der Waals surface area contributed by atoms with Crippen molar-refractivity contribution in [1.29, 1.82) is 0 Å². The second kappa shape index (κ2) is 7.85. The maximum absolute atomic E-state index is 13.3. The monoisotopic (exact) mass is 412 g/mol. The van der Waals surface area contributed by atoms with Gasteiger partial charge in [-0.2, -0.15) is 13.2 Å². The highest BCUT2D eigenvalue weighted by Gasteiger charge is 2.42. The third-order valence-corrected chi connectivity index (χ3v) is 4.62. The Morgan fingerprint density at radius 2 is 1.71 bits per heavy atom. The van der Waals surface area contributed by atoms with Gasteiger partial charge in [0.15, 0.2) is 11.8 Å². The molecule has 0 fully saturated rings. The van der Waals surface area contributed by atoms with E-state index in [0.717, 1.165) is 35.6 Å². The van der Waals surface area contributed by atoms with E-state index >= 15 is 0 Å². The van der Waals surface area contributed by atoms with Crippen LogP contribution >= 0.6 is 11.3 Å². The molecular formula is C18H12F4N2O3S. The molecule has 5 nitrogen and oxygen atoms in total. The molecule has 2 aromatic heterocycles. The Kier molecular flexibility index (Phi) is 5.50. The van der Waals surface area contributed by atoms with Crippen LogP contribution in [-0.2, 0) is 0 Å². The van der Waals surface area contributed by atoms with Crippen LogP contribution in [0.1, 0.15) is 31.8 Å². The van der Waals surface area contributed by atoms with Gasteiger partial charge in [0.1, 0.15) is 5.82 Å². The molecule has 28 heavy (non-hydrogen) atoms. The van der Waals surface area contributed by atoms with Gasteiger partial charge in [-0.15, -0.1) is 11.3 Å². The van der Waals surface area contributed by atoms with Crippen LogP contribution in [0.4, 0.5) is 22.6 Å². The number of anilines is 1. The third-order valence-electron chi connectivity index (χ3n) is 3.62. The lowest BCUT2D eigenvalue weighted by Gasteiger charge is -2.21. The number of carbonyl (C=O) groups is 2. The molecule has 1 aromatic carbocycles. The zero-order valence-corrected chi connectivity index (χ0v) is 14.7. The van der Waals surface area contributed by atoms with E-state index in [4.69, 9.17) is 4.42 Å². The normalized spacial score (nSPS) is 12.4. The smallest absolute Gasteiger partial charge is 0.412 e. The van der Waals surface area contributed by atoms with Crippen molar-refractivity contribution < 1.29 is 31.6 Å². The fraction of sp³-hybridized carbons (Fsp3) is 0.111. The summed E-state index contributed by atoms with van der Waals surface area (Å²) in [7, 11) is 0. The summed E-state index contributed by atoms with van der Waals surface area (Å²) < 4.78 is 57.9. The number of benzene rings is 1. The summed E-state index contributed by atoms with van der Waals surface area (Å²) in [5, 5.41) is 4.64. The number of hydrogen-bond donors (Lipinski definition) is 2. The maximum Gasteiger partial charge on any atom is 0.412 e. The quantitative estimate of drug-likeness (QED) is 0.594. The predicted molar refractivity (Wildman–Crippen MR) is 93.6 cm³/mol. The molecule has 0 aliphatic heterocycles. The SMILES string of the molecule is O=C(Nc1ccc(C(=O)NC(c2ccc(F)cc2)C(F)(F)F)s1)c1ccco1. The fourth-order valence-electron chi connectivity index (χ4n) is 2.32. The predicted octanol–water partition coefficient (Wildman–Crippen LogP) is 4.77. The first kappa shape index (κ1) is 19.6. The Hall–Kier alpha value is -3.14. The number of furan rings is 1. The molecular weight excluding hydrogens is 400 g/mol. The molecule has 0 aliphatic rings. The molecule has 146 valence electrons. The Bertz CT molecular complexity index is 966. The molecule has 0 radical (unpaired) electrons. The molecule has 1 atom stereocenters. The van der Waals surface area contributed by atoms with E-state index in [2.05, 4.69) is 5.32 Å². The molecule has 0 bridgehead atoms. The van der Waals surface area contributed by atoms with E-state index in [9.17, 15) is 27.2 Å². The van der Waals surface area contributed by atoms with E-state index in [-0.39, 0.29) is 21.2 Å². The second-order valence-corrected chi connectivity index (χ2v) is 6.68. The van der Waals surface area contributed by atoms with Gasteiger partial charge >= 0.3 is 6.18 Å². The van der Waals surface area contributed by atoms with Crippen molar-refractivity contribution in [1.82, 2.24) is 5.32 Å². The van der Waals surface area contributed by atoms with Gasteiger partial charge in [0, 0.05) is 0 Å². The van der Waals surface area contributed by atoms with Gasteiger partial charge in [-0.3, -0.25) is 9.59 Å². The van der Waals surface area contributed by atoms with Gasteiger partial charge in [-0.05, 0) is 42.0 Å². The minimum Gasteiger partial charge on any atom is -0.459 e. The minimum absolute atomic E-state index is 0.0360. The Morgan fingerprint density at radius 3 is 2.32 bits per heavy atom. The second-order valence-electron chi connectivity index (χ2n) is 5.59. The number of alkyl halides is 3. The minimum atomic E-state index is -4.78. The van der Waals surface area contributed by atoms with E-state index in [0.29, 0.717) is 0 Å². The number of rotatable bonds is 5. The fourth-order valence-corrected chi connectivity index (χ4v) is 3.12. The summed E-state index contributed by atoms with van der Waals surface area (Å²) in [5.41, 5.74) is -0.301. The van der Waals surface area contributed by atoms with Crippen molar-refractivity contribution in [3.8, 4) is 0 Å². The standard InChI is InChI=1S/C18H12F4N2O3S/c19-11-5-3-10(4-6-11)15(18(20,21)22)24-17(26)13-7-8-14(28-13)23-16(25)12-2-1-9-27-12/h1-9,15H,(H,23,25)(H,24,26). The summed E-state index contributed by atoms with van der Waals surface area (Å²) in [6.07, 6.45) is -3.46. The third kappa shape index (κ3) is 4.58. The molecule has 0 saturated carbocycles. The van der Waals surface area contributed by atoms with Crippen molar-refractivity contribution >= 4 is 28.2 Å². The molecule has 2 N–H and O–H groups in total. The number of nitrogens with one attached hydrogen (secondary N) is 2. The number of carbonyl (C=O) groups excluding carboxylic acids is 2. The van der Waals surface area contributed by atoms with E-state index < -0.39 is 29.8 Å². The molecule has 0 aliphatic carbocycles. The average Bonchev–Trinajstić information content (AvgIpc) is 3.31. The Balaban J connectivity index is 1.73. The molecule has 3 rings (SSSR count). The van der Waals surface area contributed by atoms with Crippen LogP contribution in [-0.4, -0.2) is 18.0 Å². The molecule has 2 amide bonds. The molecule has 10 heteroatoms. The molecule has 0 saturated heterocycles. The number of thiophene rings is 1. The van der Waals surface area contributed by atoms with Crippen molar-refractivity contribution in [3.05, 3.63) is 76.8 Å². The van der Waals surface area contributed by atoms with Gasteiger partial charge < -0.3 is 15.1 Å². The summed E-state index contributed by atoms with van der Waals surface area (Å²) in [5.74, 6) is -2.17.